The first kappa shape index (κ1) is 22.0. The zero-order chi connectivity index (χ0) is 20.2. The van der Waals surface area contributed by atoms with Gasteiger partial charge >= 0.3 is 0 Å². The molecule has 0 radical (unpaired) electrons. The molecule has 0 aromatic heterocycles. The SMILES string of the molecule is CCC1CCCCN1CCNC(=NC)NCC(=O)NCc1ccc(OC)cc1. The van der Waals surface area contributed by atoms with Crippen molar-refractivity contribution in [2.75, 3.05) is 40.3 Å². The van der Waals surface area contributed by atoms with Crippen molar-refractivity contribution in [2.45, 2.75) is 45.2 Å². The topological polar surface area (TPSA) is 78.0 Å². The molecule has 1 fully saturated rings. The number of aliphatic imine (C=N–C) groups is 1. The van der Waals surface area contributed by atoms with E-state index in [0.29, 0.717) is 18.5 Å². The van der Waals surface area contributed by atoms with E-state index < -0.39 is 0 Å². The molecule has 1 aromatic carbocycles. The molecule has 28 heavy (non-hydrogen) atoms. The Kier molecular flexibility index (Phi) is 9.62. The number of hydrogen-bond donors (Lipinski definition) is 3. The van der Waals surface area contributed by atoms with Crippen LogP contribution < -0.4 is 20.7 Å². The highest BCUT2D eigenvalue weighted by atomic mass is 16.5. The highest BCUT2D eigenvalue weighted by Crippen LogP contribution is 2.18. The van der Waals surface area contributed by atoms with Crippen LogP contribution in [0.25, 0.3) is 0 Å². The van der Waals surface area contributed by atoms with Gasteiger partial charge in [0.15, 0.2) is 5.96 Å². The van der Waals surface area contributed by atoms with E-state index in [0.717, 1.165) is 24.4 Å². The largest absolute Gasteiger partial charge is 0.497 e. The number of guanidine groups is 1. The minimum atomic E-state index is -0.0687. The number of nitrogens with zero attached hydrogens (tertiary/aromatic N) is 2. The number of methoxy groups -OCH3 is 1. The zero-order valence-corrected chi connectivity index (χ0v) is 17.5. The molecule has 1 unspecified atom stereocenters. The second-order valence-electron chi connectivity index (χ2n) is 7.07. The Bertz CT molecular complexity index is 618. The lowest BCUT2D eigenvalue weighted by Gasteiger charge is -2.35. The van der Waals surface area contributed by atoms with Crippen molar-refractivity contribution in [3.63, 3.8) is 0 Å². The molecule has 2 rings (SSSR count). The summed E-state index contributed by atoms with van der Waals surface area (Å²) in [5.41, 5.74) is 1.03. The molecule has 0 spiro atoms. The molecule has 1 aliphatic heterocycles. The van der Waals surface area contributed by atoms with E-state index in [1.807, 2.05) is 24.3 Å². The Morgan fingerprint density at radius 1 is 1.21 bits per heavy atom. The van der Waals surface area contributed by atoms with Crippen molar-refractivity contribution in [1.29, 1.82) is 0 Å². The summed E-state index contributed by atoms with van der Waals surface area (Å²) in [6.07, 6.45) is 5.15. The number of piperidine rings is 1. The number of nitrogens with one attached hydrogen (secondary N) is 3. The number of benzene rings is 1. The standard InChI is InChI=1S/C21H35N5O2/c1-4-18-7-5-6-13-26(18)14-12-23-21(22-2)25-16-20(27)24-15-17-8-10-19(28-3)11-9-17/h8-11,18H,4-7,12-16H2,1-3H3,(H,24,27)(H2,22,23,25). The normalized spacial score (nSPS) is 17.8. The first-order valence-corrected chi connectivity index (χ1v) is 10.2. The van der Waals surface area contributed by atoms with Crippen LogP contribution in [0.5, 0.6) is 5.75 Å². The van der Waals surface area contributed by atoms with Gasteiger partial charge in [-0.15, -0.1) is 0 Å². The van der Waals surface area contributed by atoms with E-state index in [4.69, 9.17) is 4.74 Å². The van der Waals surface area contributed by atoms with Crippen molar-refractivity contribution in [3.05, 3.63) is 29.8 Å². The van der Waals surface area contributed by atoms with Gasteiger partial charge in [0.05, 0.1) is 13.7 Å². The smallest absolute Gasteiger partial charge is 0.239 e. The summed E-state index contributed by atoms with van der Waals surface area (Å²) in [5, 5.41) is 9.29. The monoisotopic (exact) mass is 389 g/mol. The average Bonchev–Trinajstić information content (AvgIpc) is 2.75. The maximum absolute atomic E-state index is 12.1. The number of carbonyl (C=O) groups excluding carboxylic acids is 1. The van der Waals surface area contributed by atoms with Crippen molar-refractivity contribution in [1.82, 2.24) is 20.9 Å². The lowest BCUT2D eigenvalue weighted by Crippen LogP contribution is -2.47. The van der Waals surface area contributed by atoms with Gasteiger partial charge in [0.25, 0.3) is 0 Å². The quantitative estimate of drug-likeness (QED) is 0.443. The lowest BCUT2D eigenvalue weighted by atomic mass is 10.0. The molecule has 3 N–H and O–H groups in total. The number of ether oxygens (including phenoxy) is 1. The fraction of sp³-hybridized carbons (Fsp3) is 0.619. The molecular weight excluding hydrogens is 354 g/mol. The first-order chi connectivity index (χ1) is 13.7. The van der Waals surface area contributed by atoms with Crippen molar-refractivity contribution in [2.24, 2.45) is 4.99 Å². The molecule has 0 bridgehead atoms. The Morgan fingerprint density at radius 2 is 2.00 bits per heavy atom. The van der Waals surface area contributed by atoms with Gasteiger partial charge in [0.2, 0.25) is 5.91 Å². The molecule has 7 nitrogen and oxygen atoms in total. The third-order valence-electron chi connectivity index (χ3n) is 5.20. The van der Waals surface area contributed by atoms with Crippen LogP contribution in [0.4, 0.5) is 0 Å². The number of amides is 1. The van der Waals surface area contributed by atoms with Crippen molar-refractivity contribution >= 4 is 11.9 Å². The Hall–Kier alpha value is -2.28. The summed E-state index contributed by atoms with van der Waals surface area (Å²) < 4.78 is 5.13. The lowest BCUT2D eigenvalue weighted by molar-refractivity contribution is -0.120. The molecule has 0 aliphatic carbocycles. The predicted octanol–water partition coefficient (Wildman–Crippen LogP) is 1.74. The number of carbonyl (C=O) groups is 1. The zero-order valence-electron chi connectivity index (χ0n) is 17.5. The fourth-order valence-electron chi connectivity index (χ4n) is 3.53. The number of likely N-dealkylation sites (tertiary alicyclic amines) is 1. The minimum absolute atomic E-state index is 0.0687. The third-order valence-corrected chi connectivity index (χ3v) is 5.20. The Labute approximate surface area is 168 Å². The van der Waals surface area contributed by atoms with Gasteiger partial charge in [-0.2, -0.15) is 0 Å². The molecule has 1 aromatic rings. The maximum Gasteiger partial charge on any atom is 0.239 e. The molecule has 7 heteroatoms. The van der Waals surface area contributed by atoms with Gasteiger partial charge in [-0.3, -0.25) is 14.7 Å². The van der Waals surface area contributed by atoms with Gasteiger partial charge in [0, 0.05) is 32.7 Å². The summed E-state index contributed by atoms with van der Waals surface area (Å²) in [7, 11) is 3.36. The summed E-state index contributed by atoms with van der Waals surface area (Å²) in [6, 6.07) is 8.36. The van der Waals surface area contributed by atoms with Crippen LogP contribution in [0.2, 0.25) is 0 Å². The minimum Gasteiger partial charge on any atom is -0.497 e. The van der Waals surface area contributed by atoms with Crippen LogP contribution in [0.15, 0.2) is 29.3 Å². The third kappa shape index (κ3) is 7.38. The van der Waals surface area contributed by atoms with E-state index in [2.05, 4.69) is 32.8 Å². The summed E-state index contributed by atoms with van der Waals surface area (Å²) in [4.78, 5) is 18.8. The van der Waals surface area contributed by atoms with Crippen LogP contribution in [-0.4, -0.2) is 63.1 Å². The highest BCUT2D eigenvalue weighted by Gasteiger charge is 2.19. The Balaban J connectivity index is 1.64. The first-order valence-electron chi connectivity index (χ1n) is 10.2. The van der Waals surface area contributed by atoms with Gasteiger partial charge < -0.3 is 20.7 Å². The van der Waals surface area contributed by atoms with E-state index in [1.165, 1.54) is 32.2 Å². The van der Waals surface area contributed by atoms with Crippen LogP contribution >= 0.6 is 0 Å². The van der Waals surface area contributed by atoms with Crippen LogP contribution in [0.1, 0.15) is 38.2 Å². The van der Waals surface area contributed by atoms with E-state index >= 15 is 0 Å². The van der Waals surface area contributed by atoms with Gasteiger partial charge in [-0.25, -0.2) is 0 Å². The summed E-state index contributed by atoms with van der Waals surface area (Å²) in [6.45, 7) is 5.95. The second kappa shape index (κ2) is 12.2. The molecule has 1 saturated heterocycles. The molecule has 156 valence electrons. The number of hydrogen-bond acceptors (Lipinski definition) is 4. The molecular formula is C21H35N5O2. The highest BCUT2D eigenvalue weighted by molar-refractivity contribution is 5.86. The van der Waals surface area contributed by atoms with Gasteiger partial charge in [-0.1, -0.05) is 25.5 Å². The second-order valence-corrected chi connectivity index (χ2v) is 7.07. The average molecular weight is 390 g/mol. The molecule has 1 heterocycles. The summed E-state index contributed by atoms with van der Waals surface area (Å²) >= 11 is 0. The van der Waals surface area contributed by atoms with Crippen LogP contribution in [0, 0.1) is 0 Å². The van der Waals surface area contributed by atoms with Gasteiger partial charge in [-0.05, 0) is 43.5 Å². The maximum atomic E-state index is 12.1. The van der Waals surface area contributed by atoms with Crippen LogP contribution in [0.3, 0.4) is 0 Å². The molecule has 1 aliphatic rings. The number of rotatable bonds is 9. The summed E-state index contributed by atoms with van der Waals surface area (Å²) in [5.74, 6) is 1.40. The van der Waals surface area contributed by atoms with Crippen molar-refractivity contribution in [3.8, 4) is 5.75 Å². The van der Waals surface area contributed by atoms with E-state index in [9.17, 15) is 4.79 Å². The van der Waals surface area contributed by atoms with Crippen LogP contribution in [-0.2, 0) is 11.3 Å². The van der Waals surface area contributed by atoms with Gasteiger partial charge in [0.1, 0.15) is 5.75 Å². The van der Waals surface area contributed by atoms with Crippen molar-refractivity contribution < 1.29 is 9.53 Å². The molecule has 1 atom stereocenters. The predicted molar refractivity (Wildman–Crippen MR) is 114 cm³/mol. The molecule has 1 amide bonds. The molecule has 0 saturated carbocycles. The Morgan fingerprint density at radius 3 is 2.68 bits per heavy atom. The fourth-order valence-corrected chi connectivity index (χ4v) is 3.53. The van der Waals surface area contributed by atoms with E-state index in [-0.39, 0.29) is 12.5 Å². The van der Waals surface area contributed by atoms with E-state index in [1.54, 1.807) is 14.2 Å².